The second kappa shape index (κ2) is 10.1. The molecule has 1 fully saturated rings. The Morgan fingerprint density at radius 3 is 2.12 bits per heavy atom. The zero-order chi connectivity index (χ0) is 19.0. The normalized spacial score (nSPS) is 33.5. The van der Waals surface area contributed by atoms with Crippen LogP contribution >= 0.6 is 0 Å². The average molecular weight is 369 g/mol. The van der Waals surface area contributed by atoms with E-state index in [9.17, 15) is 5.11 Å². The summed E-state index contributed by atoms with van der Waals surface area (Å²) >= 11 is 0. The molecule has 5 heteroatoms. The number of aliphatic hydroxyl groups is 1. The first-order chi connectivity index (χ1) is 12.3. The largest absolute Gasteiger partial charge is 0.380 e. The molecule has 0 aliphatic carbocycles. The summed E-state index contributed by atoms with van der Waals surface area (Å²) in [7, 11) is 0. The maximum absolute atomic E-state index is 10.6. The van der Waals surface area contributed by atoms with Crippen molar-refractivity contribution in [1.29, 1.82) is 0 Å². The van der Waals surface area contributed by atoms with Gasteiger partial charge < -0.3 is 24.1 Å². The number of aliphatic hydroxyl groups excluding tert-OH is 1. The van der Waals surface area contributed by atoms with Crippen molar-refractivity contribution in [2.45, 2.75) is 78.3 Å². The zero-order valence-corrected chi connectivity index (χ0v) is 16.9. The van der Waals surface area contributed by atoms with Crippen molar-refractivity contribution in [2.75, 3.05) is 33.0 Å². The molecular formula is C21H36O5. The highest BCUT2D eigenvalue weighted by Gasteiger charge is 2.33. The molecule has 150 valence electrons. The van der Waals surface area contributed by atoms with Gasteiger partial charge in [-0.1, -0.05) is 39.5 Å². The van der Waals surface area contributed by atoms with Gasteiger partial charge in [0.25, 0.3) is 0 Å². The molecule has 5 nitrogen and oxygen atoms in total. The molecule has 0 aromatic carbocycles. The molecule has 0 aromatic heterocycles. The molecule has 2 heterocycles. The quantitative estimate of drug-likeness (QED) is 0.759. The monoisotopic (exact) mass is 368 g/mol. The van der Waals surface area contributed by atoms with E-state index in [1.54, 1.807) is 0 Å². The van der Waals surface area contributed by atoms with Gasteiger partial charge in [0.05, 0.1) is 13.2 Å². The van der Waals surface area contributed by atoms with Crippen molar-refractivity contribution < 1.29 is 24.1 Å². The predicted octanol–water partition coefficient (Wildman–Crippen LogP) is 3.14. The molecule has 0 spiro atoms. The Balaban J connectivity index is 2.16. The summed E-state index contributed by atoms with van der Waals surface area (Å²) < 4.78 is 23.3. The molecule has 26 heavy (non-hydrogen) atoms. The van der Waals surface area contributed by atoms with Gasteiger partial charge >= 0.3 is 0 Å². The van der Waals surface area contributed by atoms with E-state index in [0.717, 1.165) is 38.7 Å². The summed E-state index contributed by atoms with van der Waals surface area (Å²) in [6.45, 7) is 11.4. The smallest absolute Gasteiger partial charge is 0.159 e. The fourth-order valence-corrected chi connectivity index (χ4v) is 2.99. The topological polar surface area (TPSA) is 57.2 Å². The van der Waals surface area contributed by atoms with Gasteiger partial charge in [-0.2, -0.15) is 0 Å². The van der Waals surface area contributed by atoms with E-state index < -0.39 is 6.10 Å². The van der Waals surface area contributed by atoms with E-state index >= 15 is 0 Å². The van der Waals surface area contributed by atoms with Crippen molar-refractivity contribution in [2.24, 2.45) is 10.8 Å². The first kappa shape index (κ1) is 21.7. The molecule has 0 radical (unpaired) electrons. The molecule has 3 atom stereocenters. The first-order valence-electron chi connectivity index (χ1n) is 9.93. The molecule has 1 saturated heterocycles. The van der Waals surface area contributed by atoms with E-state index in [-0.39, 0.29) is 23.2 Å². The lowest BCUT2D eigenvalue weighted by molar-refractivity contribution is -0.196. The second-order valence-corrected chi connectivity index (χ2v) is 8.71. The lowest BCUT2D eigenvalue weighted by Gasteiger charge is -2.35. The third kappa shape index (κ3) is 6.83. The Morgan fingerprint density at radius 1 is 0.846 bits per heavy atom. The summed E-state index contributed by atoms with van der Waals surface area (Å²) in [5.74, 6) is 6.27. The van der Waals surface area contributed by atoms with Crippen LogP contribution in [0.4, 0.5) is 0 Å². The van der Waals surface area contributed by atoms with E-state index in [4.69, 9.17) is 18.9 Å². The zero-order valence-electron chi connectivity index (χ0n) is 16.9. The minimum atomic E-state index is -0.723. The van der Waals surface area contributed by atoms with Crippen LogP contribution in [0.15, 0.2) is 0 Å². The molecule has 1 N–H and O–H groups in total. The van der Waals surface area contributed by atoms with Crippen molar-refractivity contribution >= 4 is 0 Å². The third-order valence-corrected chi connectivity index (χ3v) is 5.38. The molecule has 0 saturated carbocycles. The summed E-state index contributed by atoms with van der Waals surface area (Å²) in [4.78, 5) is 0. The minimum absolute atomic E-state index is 0.206. The molecule has 3 unspecified atom stereocenters. The van der Waals surface area contributed by atoms with Gasteiger partial charge in [-0.05, 0) is 32.1 Å². The van der Waals surface area contributed by atoms with Gasteiger partial charge in [-0.3, -0.25) is 0 Å². The summed E-state index contributed by atoms with van der Waals surface area (Å²) in [5.41, 5.74) is -0.545. The number of ether oxygens (including phenoxy) is 4. The van der Waals surface area contributed by atoms with Crippen molar-refractivity contribution in [1.82, 2.24) is 0 Å². The summed E-state index contributed by atoms with van der Waals surface area (Å²) in [6, 6.07) is 0. The maximum Gasteiger partial charge on any atom is 0.159 e. The Hall–Kier alpha value is -0.640. The highest BCUT2D eigenvalue weighted by atomic mass is 16.7. The summed E-state index contributed by atoms with van der Waals surface area (Å²) in [6.07, 6.45) is 3.42. The fourth-order valence-electron chi connectivity index (χ4n) is 2.99. The third-order valence-electron chi connectivity index (χ3n) is 5.38. The Labute approximate surface area is 158 Å². The molecule has 0 bridgehead atoms. The Kier molecular flexibility index (Phi) is 8.38. The van der Waals surface area contributed by atoms with Gasteiger partial charge in [0.15, 0.2) is 6.29 Å². The van der Waals surface area contributed by atoms with Crippen molar-refractivity contribution in [3.63, 3.8) is 0 Å². The van der Waals surface area contributed by atoms with Gasteiger partial charge in [0.2, 0.25) is 0 Å². The Bertz CT molecular complexity index is 471. The van der Waals surface area contributed by atoms with Crippen LogP contribution in [0, 0.1) is 22.7 Å². The summed E-state index contributed by atoms with van der Waals surface area (Å²) in [5, 5.41) is 10.6. The standard InChI is InChI=1S/C21H36O5/c1-20(2)10-13-23-15-16-24-14-11-21(3,4)18(9-8-17(20)22)26-19-7-5-6-12-25-19/h17-19,22H,5-7,10-16H2,1-4H3. The van der Waals surface area contributed by atoms with Crippen LogP contribution in [-0.4, -0.2) is 56.6 Å². The SMILES string of the molecule is CC1(C)CCOCCOCCC(C)(C)C(OC2CCCCO2)C#CC1O. The van der Waals surface area contributed by atoms with Crippen LogP contribution in [0.3, 0.4) is 0 Å². The van der Waals surface area contributed by atoms with E-state index in [0.29, 0.717) is 26.4 Å². The van der Waals surface area contributed by atoms with Gasteiger partial charge in [-0.25, -0.2) is 0 Å². The van der Waals surface area contributed by atoms with E-state index in [2.05, 4.69) is 25.7 Å². The van der Waals surface area contributed by atoms with Crippen molar-refractivity contribution in [3.05, 3.63) is 0 Å². The Morgan fingerprint density at radius 2 is 1.50 bits per heavy atom. The van der Waals surface area contributed by atoms with Gasteiger partial charge in [0.1, 0.15) is 12.2 Å². The van der Waals surface area contributed by atoms with Crippen LogP contribution in [0.25, 0.3) is 0 Å². The lowest BCUT2D eigenvalue weighted by Crippen LogP contribution is -2.38. The number of hydrogen-bond acceptors (Lipinski definition) is 5. The molecule has 0 amide bonds. The van der Waals surface area contributed by atoms with E-state index in [1.165, 1.54) is 0 Å². The predicted molar refractivity (Wildman–Crippen MR) is 101 cm³/mol. The number of rotatable bonds is 2. The molecule has 2 aliphatic rings. The molecule has 0 aromatic rings. The van der Waals surface area contributed by atoms with Crippen molar-refractivity contribution in [3.8, 4) is 11.8 Å². The average Bonchev–Trinajstić information content (AvgIpc) is 2.60. The van der Waals surface area contributed by atoms with Crippen LogP contribution in [0.2, 0.25) is 0 Å². The lowest BCUT2D eigenvalue weighted by atomic mass is 9.81. The van der Waals surface area contributed by atoms with Crippen LogP contribution in [-0.2, 0) is 18.9 Å². The number of hydrogen-bond donors (Lipinski definition) is 1. The van der Waals surface area contributed by atoms with Crippen LogP contribution < -0.4 is 0 Å². The highest BCUT2D eigenvalue weighted by Crippen LogP contribution is 2.31. The maximum atomic E-state index is 10.6. The van der Waals surface area contributed by atoms with Gasteiger partial charge in [0, 0.05) is 30.7 Å². The molecule has 2 aliphatic heterocycles. The van der Waals surface area contributed by atoms with Gasteiger partial charge in [-0.15, -0.1) is 0 Å². The molecular weight excluding hydrogens is 332 g/mol. The second-order valence-electron chi connectivity index (χ2n) is 8.71. The van der Waals surface area contributed by atoms with Crippen LogP contribution in [0.5, 0.6) is 0 Å². The fraction of sp³-hybridized carbons (Fsp3) is 0.905. The van der Waals surface area contributed by atoms with E-state index in [1.807, 2.05) is 13.8 Å². The first-order valence-corrected chi connectivity index (χ1v) is 9.93. The molecule has 2 rings (SSSR count). The minimum Gasteiger partial charge on any atom is -0.380 e. The van der Waals surface area contributed by atoms with Crippen LogP contribution in [0.1, 0.15) is 59.8 Å². The highest BCUT2D eigenvalue weighted by molar-refractivity contribution is 5.15.